The second-order valence-corrected chi connectivity index (χ2v) is 8.33. The van der Waals surface area contributed by atoms with Gasteiger partial charge in [-0.15, -0.1) is 0 Å². The number of ether oxygens (including phenoxy) is 1. The van der Waals surface area contributed by atoms with Crippen molar-refractivity contribution in [3.8, 4) is 5.75 Å². The van der Waals surface area contributed by atoms with Crippen LogP contribution in [0.5, 0.6) is 5.75 Å². The average Bonchev–Trinajstić information content (AvgIpc) is 3.18. The molecule has 0 spiro atoms. The quantitative estimate of drug-likeness (QED) is 0.237. The SMILES string of the molecule is O=C1NC(=Nc2ccccc2)S/C1=C\c1ccc(OC(=O)c2cccc3ccccc23)cc1. The molecule has 5 nitrogen and oxygen atoms in total. The van der Waals surface area contributed by atoms with E-state index in [-0.39, 0.29) is 5.91 Å². The highest BCUT2D eigenvalue weighted by atomic mass is 32.2. The summed E-state index contributed by atoms with van der Waals surface area (Å²) in [6.07, 6.45) is 1.78. The molecule has 6 heteroatoms. The summed E-state index contributed by atoms with van der Waals surface area (Å²) in [5, 5.41) is 5.15. The van der Waals surface area contributed by atoms with Gasteiger partial charge < -0.3 is 10.1 Å². The number of carbonyl (C=O) groups is 2. The molecule has 0 atom stereocenters. The first-order valence-electron chi connectivity index (χ1n) is 10.3. The molecule has 1 aliphatic heterocycles. The fraction of sp³-hybridized carbons (Fsp3) is 0. The minimum Gasteiger partial charge on any atom is -0.423 e. The van der Waals surface area contributed by atoms with Gasteiger partial charge >= 0.3 is 5.97 Å². The molecule has 5 rings (SSSR count). The molecule has 0 bridgehead atoms. The molecule has 4 aromatic carbocycles. The van der Waals surface area contributed by atoms with Gasteiger partial charge in [-0.3, -0.25) is 4.79 Å². The van der Waals surface area contributed by atoms with Crippen LogP contribution < -0.4 is 10.1 Å². The van der Waals surface area contributed by atoms with Gasteiger partial charge in [0.25, 0.3) is 5.91 Å². The number of fused-ring (bicyclic) bond motifs is 1. The molecule has 1 saturated heterocycles. The van der Waals surface area contributed by atoms with Crippen molar-refractivity contribution in [1.29, 1.82) is 0 Å². The molecule has 1 fully saturated rings. The number of hydrogen-bond acceptors (Lipinski definition) is 5. The lowest BCUT2D eigenvalue weighted by Crippen LogP contribution is -2.19. The normalized spacial score (nSPS) is 15.7. The molecular formula is C27H18N2O3S. The van der Waals surface area contributed by atoms with Gasteiger partial charge in [0.2, 0.25) is 0 Å². The van der Waals surface area contributed by atoms with Crippen LogP contribution in [0, 0.1) is 0 Å². The number of hydrogen-bond donors (Lipinski definition) is 1. The van der Waals surface area contributed by atoms with Crippen molar-refractivity contribution in [3.05, 3.63) is 113 Å². The molecule has 160 valence electrons. The molecular weight excluding hydrogens is 432 g/mol. The lowest BCUT2D eigenvalue weighted by atomic mass is 10.0. The maximum atomic E-state index is 12.7. The van der Waals surface area contributed by atoms with E-state index < -0.39 is 5.97 Å². The molecule has 0 saturated carbocycles. The topological polar surface area (TPSA) is 67.8 Å². The highest BCUT2D eigenvalue weighted by molar-refractivity contribution is 8.18. The lowest BCUT2D eigenvalue weighted by molar-refractivity contribution is -0.115. The molecule has 33 heavy (non-hydrogen) atoms. The molecule has 1 heterocycles. The Balaban J connectivity index is 1.30. The largest absolute Gasteiger partial charge is 0.423 e. The van der Waals surface area contributed by atoms with Crippen LogP contribution in [0.3, 0.4) is 0 Å². The maximum absolute atomic E-state index is 12.7. The van der Waals surface area contributed by atoms with Gasteiger partial charge in [0, 0.05) is 0 Å². The van der Waals surface area contributed by atoms with Gasteiger partial charge in [-0.1, -0.05) is 66.7 Å². The molecule has 0 radical (unpaired) electrons. The number of esters is 1. The zero-order chi connectivity index (χ0) is 22.6. The summed E-state index contributed by atoms with van der Waals surface area (Å²) in [6, 6.07) is 29.7. The zero-order valence-electron chi connectivity index (χ0n) is 17.4. The van der Waals surface area contributed by atoms with Gasteiger partial charge in [0.15, 0.2) is 5.17 Å². The third-order valence-corrected chi connectivity index (χ3v) is 5.95. The number of nitrogens with zero attached hydrogens (tertiary/aromatic N) is 1. The summed E-state index contributed by atoms with van der Waals surface area (Å²) >= 11 is 1.29. The van der Waals surface area contributed by atoms with Crippen LogP contribution in [0.25, 0.3) is 16.8 Å². The molecule has 1 N–H and O–H groups in total. The van der Waals surface area contributed by atoms with E-state index in [1.54, 1.807) is 36.4 Å². The number of para-hydroxylation sites is 1. The van der Waals surface area contributed by atoms with Crippen molar-refractivity contribution in [2.45, 2.75) is 0 Å². The smallest absolute Gasteiger partial charge is 0.344 e. The fourth-order valence-electron chi connectivity index (χ4n) is 3.45. The number of carbonyl (C=O) groups excluding carboxylic acids is 2. The maximum Gasteiger partial charge on any atom is 0.344 e. The van der Waals surface area contributed by atoms with E-state index in [2.05, 4.69) is 10.3 Å². The molecule has 1 amide bonds. The second kappa shape index (κ2) is 9.14. The molecule has 4 aromatic rings. The van der Waals surface area contributed by atoms with E-state index in [1.165, 1.54) is 11.8 Å². The summed E-state index contributed by atoms with van der Waals surface area (Å²) in [4.78, 5) is 30.0. The summed E-state index contributed by atoms with van der Waals surface area (Å²) in [5.74, 6) is -0.170. The number of amides is 1. The van der Waals surface area contributed by atoms with E-state index in [0.717, 1.165) is 22.0 Å². The Morgan fingerprint density at radius 3 is 2.39 bits per heavy atom. The zero-order valence-corrected chi connectivity index (χ0v) is 18.2. The number of aliphatic imine (C=N–C) groups is 1. The number of benzene rings is 4. The number of rotatable bonds is 4. The van der Waals surface area contributed by atoms with Crippen molar-refractivity contribution >= 4 is 51.3 Å². The lowest BCUT2D eigenvalue weighted by Gasteiger charge is -2.07. The Hall–Kier alpha value is -4.16. The number of nitrogens with one attached hydrogen (secondary N) is 1. The standard InChI is InChI=1S/C27H18N2O3S/c30-25-24(33-27(29-25)28-20-9-2-1-3-10-20)17-18-13-15-21(16-14-18)32-26(31)23-12-6-8-19-7-4-5-11-22(19)23/h1-17H,(H,28,29,30)/b24-17-. The van der Waals surface area contributed by atoms with E-state index in [1.807, 2.05) is 66.7 Å². The highest BCUT2D eigenvalue weighted by Crippen LogP contribution is 2.28. The molecule has 0 aromatic heterocycles. The summed E-state index contributed by atoms with van der Waals surface area (Å²) in [5.41, 5.74) is 2.11. The van der Waals surface area contributed by atoms with E-state index in [0.29, 0.717) is 21.4 Å². The Morgan fingerprint density at radius 2 is 1.58 bits per heavy atom. The first-order chi connectivity index (χ1) is 16.2. The number of thioether (sulfide) groups is 1. The van der Waals surface area contributed by atoms with Crippen molar-refractivity contribution in [1.82, 2.24) is 5.32 Å². The fourth-order valence-corrected chi connectivity index (χ4v) is 4.29. The summed E-state index contributed by atoms with van der Waals surface area (Å²) in [7, 11) is 0. The Labute approximate surface area is 194 Å². The predicted octanol–water partition coefficient (Wildman–Crippen LogP) is 5.95. The van der Waals surface area contributed by atoms with Crippen LogP contribution in [0.4, 0.5) is 5.69 Å². The highest BCUT2D eigenvalue weighted by Gasteiger charge is 2.23. The van der Waals surface area contributed by atoms with Crippen LogP contribution in [-0.2, 0) is 4.79 Å². The van der Waals surface area contributed by atoms with Gasteiger partial charge in [0.05, 0.1) is 16.2 Å². The monoisotopic (exact) mass is 450 g/mol. The average molecular weight is 451 g/mol. The Bertz CT molecular complexity index is 1410. The van der Waals surface area contributed by atoms with E-state index in [4.69, 9.17) is 4.74 Å². The summed E-state index contributed by atoms with van der Waals surface area (Å²) < 4.78 is 5.57. The van der Waals surface area contributed by atoms with Crippen molar-refractivity contribution in [2.75, 3.05) is 0 Å². The van der Waals surface area contributed by atoms with Crippen LogP contribution in [0.15, 0.2) is 107 Å². The van der Waals surface area contributed by atoms with E-state index in [9.17, 15) is 9.59 Å². The molecule has 0 aliphatic carbocycles. The van der Waals surface area contributed by atoms with Crippen molar-refractivity contribution in [2.24, 2.45) is 4.99 Å². The van der Waals surface area contributed by atoms with Gasteiger partial charge in [-0.2, -0.15) is 0 Å². The Morgan fingerprint density at radius 1 is 0.848 bits per heavy atom. The number of amidine groups is 1. The van der Waals surface area contributed by atoms with Gasteiger partial charge in [0.1, 0.15) is 5.75 Å². The minimum absolute atomic E-state index is 0.193. The van der Waals surface area contributed by atoms with Crippen LogP contribution in [-0.4, -0.2) is 17.0 Å². The molecule has 1 aliphatic rings. The van der Waals surface area contributed by atoms with Crippen LogP contribution in [0.1, 0.15) is 15.9 Å². The third-order valence-electron chi connectivity index (χ3n) is 5.04. The Kier molecular flexibility index (Phi) is 5.74. The third kappa shape index (κ3) is 4.71. The van der Waals surface area contributed by atoms with Crippen molar-refractivity contribution in [3.63, 3.8) is 0 Å². The van der Waals surface area contributed by atoms with E-state index >= 15 is 0 Å². The molecule has 0 unspecified atom stereocenters. The van der Waals surface area contributed by atoms with Crippen LogP contribution in [0.2, 0.25) is 0 Å². The first kappa shape index (κ1) is 20.7. The van der Waals surface area contributed by atoms with Crippen molar-refractivity contribution < 1.29 is 14.3 Å². The van der Waals surface area contributed by atoms with Gasteiger partial charge in [-0.25, -0.2) is 9.79 Å². The second-order valence-electron chi connectivity index (χ2n) is 7.30. The van der Waals surface area contributed by atoms with Crippen LogP contribution >= 0.6 is 11.8 Å². The first-order valence-corrected chi connectivity index (χ1v) is 11.1. The minimum atomic E-state index is -0.412. The summed E-state index contributed by atoms with van der Waals surface area (Å²) in [6.45, 7) is 0. The predicted molar refractivity (Wildman–Crippen MR) is 133 cm³/mol. The van der Waals surface area contributed by atoms with Gasteiger partial charge in [-0.05, 0) is 64.5 Å².